The summed E-state index contributed by atoms with van der Waals surface area (Å²) in [5.74, 6) is -0.486. The average molecular weight is 245 g/mol. The van der Waals surface area contributed by atoms with Crippen molar-refractivity contribution in [2.75, 3.05) is 5.88 Å². The molecule has 0 aromatic heterocycles. The summed E-state index contributed by atoms with van der Waals surface area (Å²) in [6, 6.07) is 4.90. The number of hydrogen-bond donors (Lipinski definition) is 1. The predicted molar refractivity (Wildman–Crippen MR) is 62.8 cm³/mol. The molecule has 0 fully saturated rings. The molecule has 0 radical (unpaired) electrons. The minimum absolute atomic E-state index is 0.115. The first-order valence-electron chi connectivity index (χ1n) is 4.41. The van der Waals surface area contributed by atoms with E-state index in [1.165, 1.54) is 6.07 Å². The van der Waals surface area contributed by atoms with Gasteiger partial charge in [0.05, 0.1) is 10.6 Å². The first-order chi connectivity index (χ1) is 7.16. The number of rotatable bonds is 4. The highest BCUT2D eigenvalue weighted by molar-refractivity contribution is 6.34. The summed E-state index contributed by atoms with van der Waals surface area (Å²) in [6.45, 7) is 0. The lowest BCUT2D eigenvalue weighted by molar-refractivity contribution is 0.0697. The second kappa shape index (κ2) is 5.79. The van der Waals surface area contributed by atoms with Gasteiger partial charge in [-0.2, -0.15) is 0 Å². The van der Waals surface area contributed by atoms with Crippen LogP contribution < -0.4 is 0 Å². The van der Waals surface area contributed by atoms with Gasteiger partial charge in [0, 0.05) is 5.88 Å². The lowest BCUT2D eigenvalue weighted by atomic mass is 10.1. The number of carboxylic acids is 1. The quantitative estimate of drug-likeness (QED) is 0.821. The molecule has 1 rings (SSSR count). The van der Waals surface area contributed by atoms with E-state index in [9.17, 15) is 4.79 Å². The Labute approximate surface area is 98.1 Å². The highest BCUT2D eigenvalue weighted by Crippen LogP contribution is 2.22. The summed E-state index contributed by atoms with van der Waals surface area (Å²) in [5, 5.41) is 9.09. The molecule has 0 atom stereocenters. The van der Waals surface area contributed by atoms with Crippen LogP contribution in [0.2, 0.25) is 5.02 Å². The fourth-order valence-corrected chi connectivity index (χ4v) is 1.51. The summed E-state index contributed by atoms with van der Waals surface area (Å²) in [6.07, 6.45) is 4.37. The predicted octanol–water partition coefficient (Wildman–Crippen LogP) is 3.68. The number of halogens is 2. The van der Waals surface area contributed by atoms with Crippen LogP contribution in [0.3, 0.4) is 0 Å². The van der Waals surface area contributed by atoms with Crippen molar-refractivity contribution >= 4 is 35.2 Å². The Balaban J connectivity index is 2.99. The second-order valence-corrected chi connectivity index (χ2v) is 3.65. The molecule has 80 valence electrons. The van der Waals surface area contributed by atoms with Crippen LogP contribution >= 0.6 is 23.2 Å². The van der Waals surface area contributed by atoms with Crippen LogP contribution in [0.4, 0.5) is 0 Å². The highest BCUT2D eigenvalue weighted by Gasteiger charge is 2.09. The van der Waals surface area contributed by atoms with E-state index < -0.39 is 5.97 Å². The monoisotopic (exact) mass is 244 g/mol. The number of carboxylic acid groups (broad SMARTS) is 1. The molecule has 0 saturated carbocycles. The summed E-state index contributed by atoms with van der Waals surface area (Å²) >= 11 is 11.4. The molecule has 1 N–H and O–H groups in total. The molecule has 0 aliphatic heterocycles. The third kappa shape index (κ3) is 3.26. The van der Waals surface area contributed by atoms with Gasteiger partial charge in [0.25, 0.3) is 0 Å². The van der Waals surface area contributed by atoms with Gasteiger partial charge in [-0.3, -0.25) is 0 Å². The molecule has 0 saturated heterocycles. The summed E-state index contributed by atoms with van der Waals surface area (Å²) in [7, 11) is 0. The third-order valence-corrected chi connectivity index (χ3v) is 2.47. The van der Waals surface area contributed by atoms with Crippen LogP contribution in [0.15, 0.2) is 24.3 Å². The van der Waals surface area contributed by atoms with Gasteiger partial charge in [0.1, 0.15) is 0 Å². The molecular formula is C11H10Cl2O2. The Morgan fingerprint density at radius 3 is 2.80 bits per heavy atom. The molecule has 0 unspecified atom stereocenters. The van der Waals surface area contributed by atoms with Gasteiger partial charge in [-0.15, -0.1) is 11.6 Å². The van der Waals surface area contributed by atoms with E-state index in [1.54, 1.807) is 18.2 Å². The van der Waals surface area contributed by atoms with E-state index in [0.717, 1.165) is 6.42 Å². The maximum Gasteiger partial charge on any atom is 0.337 e. The number of alkyl halides is 1. The SMILES string of the molecule is O=C(O)c1cccc(C=CCCCl)c1Cl. The van der Waals surface area contributed by atoms with E-state index >= 15 is 0 Å². The van der Waals surface area contributed by atoms with Gasteiger partial charge in [0.2, 0.25) is 0 Å². The molecule has 2 nitrogen and oxygen atoms in total. The largest absolute Gasteiger partial charge is 0.478 e. The number of carbonyl (C=O) groups is 1. The summed E-state index contributed by atoms with van der Waals surface area (Å²) < 4.78 is 0. The van der Waals surface area contributed by atoms with E-state index in [2.05, 4.69) is 0 Å². The van der Waals surface area contributed by atoms with Crippen LogP contribution in [0.5, 0.6) is 0 Å². The molecule has 0 heterocycles. The zero-order valence-corrected chi connectivity index (χ0v) is 9.42. The minimum Gasteiger partial charge on any atom is -0.478 e. The molecule has 0 spiro atoms. The number of benzene rings is 1. The molecule has 0 aliphatic rings. The van der Waals surface area contributed by atoms with Crippen LogP contribution in [-0.2, 0) is 0 Å². The maximum absolute atomic E-state index is 10.8. The van der Waals surface area contributed by atoms with Crippen LogP contribution in [0, 0.1) is 0 Å². The normalized spacial score (nSPS) is 10.8. The fourth-order valence-electron chi connectivity index (χ4n) is 1.12. The van der Waals surface area contributed by atoms with E-state index in [0.29, 0.717) is 11.4 Å². The lowest BCUT2D eigenvalue weighted by Crippen LogP contribution is -1.97. The van der Waals surface area contributed by atoms with Crippen LogP contribution in [-0.4, -0.2) is 17.0 Å². The Bertz CT molecular complexity index is 386. The summed E-state index contributed by atoms with van der Waals surface area (Å²) in [4.78, 5) is 10.8. The lowest BCUT2D eigenvalue weighted by Gasteiger charge is -2.01. The zero-order chi connectivity index (χ0) is 11.3. The Morgan fingerprint density at radius 1 is 1.47 bits per heavy atom. The number of aromatic carboxylic acids is 1. The highest BCUT2D eigenvalue weighted by atomic mass is 35.5. The van der Waals surface area contributed by atoms with Crippen molar-refractivity contribution in [1.29, 1.82) is 0 Å². The maximum atomic E-state index is 10.8. The minimum atomic E-state index is -1.02. The molecule has 0 bridgehead atoms. The van der Waals surface area contributed by atoms with Crippen molar-refractivity contribution < 1.29 is 9.90 Å². The van der Waals surface area contributed by atoms with Crippen molar-refractivity contribution in [1.82, 2.24) is 0 Å². The van der Waals surface area contributed by atoms with E-state index in [1.807, 2.05) is 6.08 Å². The number of allylic oxidation sites excluding steroid dienone is 1. The molecule has 0 amide bonds. The smallest absolute Gasteiger partial charge is 0.337 e. The average Bonchev–Trinajstić information content (AvgIpc) is 2.20. The Morgan fingerprint density at radius 2 is 2.20 bits per heavy atom. The van der Waals surface area contributed by atoms with E-state index in [4.69, 9.17) is 28.3 Å². The van der Waals surface area contributed by atoms with Gasteiger partial charge in [0.15, 0.2) is 0 Å². The van der Waals surface area contributed by atoms with Crippen molar-refractivity contribution in [3.05, 3.63) is 40.4 Å². The first-order valence-corrected chi connectivity index (χ1v) is 5.32. The molecule has 4 heteroatoms. The van der Waals surface area contributed by atoms with Gasteiger partial charge in [-0.05, 0) is 18.1 Å². The van der Waals surface area contributed by atoms with Crippen LogP contribution in [0.25, 0.3) is 6.08 Å². The number of hydrogen-bond acceptors (Lipinski definition) is 1. The van der Waals surface area contributed by atoms with Crippen molar-refractivity contribution in [2.24, 2.45) is 0 Å². The molecular weight excluding hydrogens is 235 g/mol. The molecule has 0 aliphatic carbocycles. The van der Waals surface area contributed by atoms with E-state index in [-0.39, 0.29) is 10.6 Å². The van der Waals surface area contributed by atoms with Gasteiger partial charge in [-0.25, -0.2) is 4.79 Å². The van der Waals surface area contributed by atoms with Crippen molar-refractivity contribution in [3.8, 4) is 0 Å². The second-order valence-electron chi connectivity index (χ2n) is 2.89. The topological polar surface area (TPSA) is 37.3 Å². The van der Waals surface area contributed by atoms with Gasteiger partial charge in [-0.1, -0.05) is 35.9 Å². The Hall–Kier alpha value is -0.990. The first kappa shape index (κ1) is 12.1. The van der Waals surface area contributed by atoms with Crippen LogP contribution in [0.1, 0.15) is 22.3 Å². The third-order valence-electron chi connectivity index (χ3n) is 1.83. The fraction of sp³-hybridized carbons (Fsp3) is 0.182. The van der Waals surface area contributed by atoms with Crippen molar-refractivity contribution in [2.45, 2.75) is 6.42 Å². The molecule has 1 aromatic rings. The van der Waals surface area contributed by atoms with Gasteiger partial charge < -0.3 is 5.11 Å². The zero-order valence-electron chi connectivity index (χ0n) is 7.91. The summed E-state index contributed by atoms with van der Waals surface area (Å²) in [5.41, 5.74) is 0.811. The standard InChI is InChI=1S/C11H10Cl2O2/c12-7-2-1-4-8-5-3-6-9(10(8)13)11(14)15/h1,3-6H,2,7H2,(H,14,15). The Kier molecular flexibility index (Phi) is 4.66. The van der Waals surface area contributed by atoms with Gasteiger partial charge >= 0.3 is 5.97 Å². The molecule has 15 heavy (non-hydrogen) atoms. The molecule has 1 aromatic carbocycles. The van der Waals surface area contributed by atoms with Crippen molar-refractivity contribution in [3.63, 3.8) is 0 Å².